The number of imide groups is 1. The zero-order valence-electron chi connectivity index (χ0n) is 13.7. The summed E-state index contributed by atoms with van der Waals surface area (Å²) in [5, 5.41) is 9.34. The van der Waals surface area contributed by atoms with Gasteiger partial charge in [-0.05, 0) is 49.4 Å². The van der Waals surface area contributed by atoms with E-state index in [9.17, 15) is 19.5 Å². The van der Waals surface area contributed by atoms with Gasteiger partial charge < -0.3 is 14.6 Å². The van der Waals surface area contributed by atoms with Gasteiger partial charge in [-0.15, -0.1) is 0 Å². The number of phenolic OH excluding ortho intramolecular Hbond substituents is 1. The Morgan fingerprint density at radius 1 is 1.44 bits per heavy atom. The number of esters is 1. The van der Waals surface area contributed by atoms with Crippen LogP contribution in [0.5, 0.6) is 11.5 Å². The normalized spacial score (nSPS) is 17.1. The van der Waals surface area contributed by atoms with E-state index >= 15 is 0 Å². The SMILES string of the molecule is CCOc1cc(/C=C2\SC(=O)N([C@@H](C)C(=O)OC)C2=O)cc(Cl)c1O. The van der Waals surface area contributed by atoms with E-state index in [2.05, 4.69) is 4.74 Å². The number of phenols is 1. The third-order valence-electron chi connectivity index (χ3n) is 3.40. The molecule has 1 N–H and O–H groups in total. The average Bonchev–Trinajstić information content (AvgIpc) is 2.84. The molecule has 0 bridgehead atoms. The summed E-state index contributed by atoms with van der Waals surface area (Å²) in [5.41, 5.74) is 0.475. The summed E-state index contributed by atoms with van der Waals surface area (Å²) in [5.74, 6) is -1.32. The first-order chi connectivity index (χ1) is 11.8. The molecule has 1 atom stereocenters. The van der Waals surface area contributed by atoms with Crippen molar-refractivity contribution in [1.82, 2.24) is 4.90 Å². The fourth-order valence-electron chi connectivity index (χ4n) is 2.18. The zero-order chi connectivity index (χ0) is 18.7. The largest absolute Gasteiger partial charge is 0.503 e. The van der Waals surface area contributed by atoms with Gasteiger partial charge in [0.15, 0.2) is 11.5 Å². The predicted octanol–water partition coefficient (Wildman–Crippen LogP) is 3.04. The molecule has 9 heteroatoms. The first kappa shape index (κ1) is 19.1. The van der Waals surface area contributed by atoms with Crippen molar-refractivity contribution in [3.05, 3.63) is 27.6 Å². The standard InChI is InChI=1S/C16H16ClNO6S/c1-4-24-11-6-9(5-10(17)13(11)19)7-12-14(20)18(16(22)25-12)8(2)15(21)23-3/h5-8,19H,4H2,1-3H3/b12-7-/t8-/m0/s1. The number of benzene rings is 1. The van der Waals surface area contributed by atoms with Crippen LogP contribution in [0.1, 0.15) is 19.4 Å². The summed E-state index contributed by atoms with van der Waals surface area (Å²) >= 11 is 6.66. The molecule has 1 aromatic rings. The number of amides is 2. The van der Waals surface area contributed by atoms with Crippen molar-refractivity contribution in [1.29, 1.82) is 0 Å². The van der Waals surface area contributed by atoms with Crippen molar-refractivity contribution in [3.63, 3.8) is 0 Å². The number of nitrogens with zero attached hydrogens (tertiary/aromatic N) is 1. The lowest BCUT2D eigenvalue weighted by Crippen LogP contribution is -2.42. The maximum absolute atomic E-state index is 12.4. The predicted molar refractivity (Wildman–Crippen MR) is 93.6 cm³/mol. The van der Waals surface area contributed by atoms with Crippen molar-refractivity contribution in [3.8, 4) is 11.5 Å². The molecular weight excluding hydrogens is 370 g/mol. The van der Waals surface area contributed by atoms with Crippen molar-refractivity contribution in [2.45, 2.75) is 19.9 Å². The number of rotatable bonds is 5. The summed E-state index contributed by atoms with van der Waals surface area (Å²) in [6.45, 7) is 3.48. The van der Waals surface area contributed by atoms with Crippen LogP contribution in [0.15, 0.2) is 17.0 Å². The molecule has 1 saturated heterocycles. The lowest BCUT2D eigenvalue weighted by molar-refractivity contribution is -0.148. The van der Waals surface area contributed by atoms with Gasteiger partial charge in [0.1, 0.15) is 6.04 Å². The molecule has 2 rings (SSSR count). The van der Waals surface area contributed by atoms with Crippen molar-refractivity contribution < 1.29 is 29.0 Å². The van der Waals surface area contributed by atoms with E-state index in [1.807, 2.05) is 0 Å². The lowest BCUT2D eigenvalue weighted by Gasteiger charge is -2.18. The summed E-state index contributed by atoms with van der Waals surface area (Å²) in [4.78, 5) is 37.1. The summed E-state index contributed by atoms with van der Waals surface area (Å²) in [6.07, 6.45) is 1.45. The third-order valence-corrected chi connectivity index (χ3v) is 4.57. The number of ether oxygens (including phenoxy) is 2. The van der Waals surface area contributed by atoms with Gasteiger partial charge in [0, 0.05) is 0 Å². The van der Waals surface area contributed by atoms with E-state index in [-0.39, 0.29) is 21.4 Å². The van der Waals surface area contributed by atoms with Gasteiger partial charge in [0.05, 0.1) is 23.6 Å². The number of thioether (sulfide) groups is 1. The molecule has 0 saturated carbocycles. The van der Waals surface area contributed by atoms with E-state index in [0.717, 1.165) is 4.90 Å². The quantitative estimate of drug-likeness (QED) is 0.615. The van der Waals surface area contributed by atoms with Crippen LogP contribution in [0.3, 0.4) is 0 Å². The number of hydrogen-bond donors (Lipinski definition) is 1. The molecule has 2 amide bonds. The Balaban J connectivity index is 2.35. The molecule has 1 aliphatic rings. The monoisotopic (exact) mass is 385 g/mol. The highest BCUT2D eigenvalue weighted by molar-refractivity contribution is 8.18. The average molecular weight is 386 g/mol. The van der Waals surface area contributed by atoms with Crippen LogP contribution < -0.4 is 4.74 Å². The van der Waals surface area contributed by atoms with Gasteiger partial charge in [-0.25, -0.2) is 4.79 Å². The number of carbonyl (C=O) groups is 3. The van der Waals surface area contributed by atoms with Crippen LogP contribution in [0.25, 0.3) is 6.08 Å². The van der Waals surface area contributed by atoms with Gasteiger partial charge in [0.2, 0.25) is 0 Å². The highest BCUT2D eigenvalue weighted by Crippen LogP contribution is 2.38. The van der Waals surface area contributed by atoms with Crippen molar-refractivity contribution >= 4 is 46.6 Å². The van der Waals surface area contributed by atoms with Crippen LogP contribution in [-0.2, 0) is 14.3 Å². The first-order valence-corrected chi connectivity index (χ1v) is 8.49. The van der Waals surface area contributed by atoms with Crippen LogP contribution in [-0.4, -0.2) is 46.9 Å². The second kappa shape index (κ2) is 7.79. The van der Waals surface area contributed by atoms with Gasteiger partial charge in [-0.2, -0.15) is 0 Å². The second-order valence-corrected chi connectivity index (χ2v) is 6.43. The van der Waals surface area contributed by atoms with Crippen molar-refractivity contribution in [2.24, 2.45) is 0 Å². The van der Waals surface area contributed by atoms with Gasteiger partial charge in [-0.3, -0.25) is 14.5 Å². The fraction of sp³-hybridized carbons (Fsp3) is 0.312. The van der Waals surface area contributed by atoms with Crippen LogP contribution >= 0.6 is 23.4 Å². The van der Waals surface area contributed by atoms with Crippen molar-refractivity contribution in [2.75, 3.05) is 13.7 Å². The maximum atomic E-state index is 12.4. The molecule has 1 heterocycles. The molecule has 0 aromatic heterocycles. The van der Waals surface area contributed by atoms with Gasteiger partial charge in [-0.1, -0.05) is 11.6 Å². The molecule has 1 aromatic carbocycles. The Morgan fingerprint density at radius 2 is 2.12 bits per heavy atom. The molecule has 1 fully saturated rings. The molecule has 1 aliphatic heterocycles. The van der Waals surface area contributed by atoms with Crippen LogP contribution in [0, 0.1) is 0 Å². The van der Waals surface area contributed by atoms with E-state index in [1.165, 1.54) is 32.2 Å². The molecule has 25 heavy (non-hydrogen) atoms. The number of aromatic hydroxyl groups is 1. The van der Waals surface area contributed by atoms with Gasteiger partial charge >= 0.3 is 5.97 Å². The highest BCUT2D eigenvalue weighted by Gasteiger charge is 2.41. The Kier molecular flexibility index (Phi) is 5.97. The minimum absolute atomic E-state index is 0.0550. The number of carbonyl (C=O) groups excluding carboxylic acids is 3. The molecule has 0 spiro atoms. The van der Waals surface area contributed by atoms with Gasteiger partial charge in [0.25, 0.3) is 11.1 Å². The molecule has 0 unspecified atom stereocenters. The maximum Gasteiger partial charge on any atom is 0.328 e. The van der Waals surface area contributed by atoms with E-state index in [0.29, 0.717) is 23.9 Å². The molecule has 134 valence electrons. The molecule has 0 aliphatic carbocycles. The van der Waals surface area contributed by atoms with E-state index in [4.69, 9.17) is 16.3 Å². The van der Waals surface area contributed by atoms with Crippen LogP contribution in [0.2, 0.25) is 5.02 Å². The number of halogens is 1. The lowest BCUT2D eigenvalue weighted by atomic mass is 10.1. The minimum Gasteiger partial charge on any atom is -0.503 e. The second-order valence-electron chi connectivity index (χ2n) is 5.03. The molecule has 0 radical (unpaired) electrons. The van der Waals surface area contributed by atoms with E-state index in [1.54, 1.807) is 6.92 Å². The fourth-order valence-corrected chi connectivity index (χ4v) is 3.31. The number of hydrogen-bond acceptors (Lipinski definition) is 7. The topological polar surface area (TPSA) is 93.1 Å². The summed E-state index contributed by atoms with van der Waals surface area (Å²) in [7, 11) is 1.18. The zero-order valence-corrected chi connectivity index (χ0v) is 15.3. The summed E-state index contributed by atoms with van der Waals surface area (Å²) in [6, 6.07) is 1.92. The Hall–Kier alpha value is -2.19. The Labute approximate surface area is 153 Å². The Morgan fingerprint density at radius 3 is 2.72 bits per heavy atom. The van der Waals surface area contributed by atoms with Crippen LogP contribution in [0.4, 0.5) is 4.79 Å². The molecular formula is C16H16ClNO6S. The first-order valence-electron chi connectivity index (χ1n) is 7.30. The smallest absolute Gasteiger partial charge is 0.328 e. The Bertz CT molecular complexity index is 763. The third kappa shape index (κ3) is 3.91. The number of methoxy groups -OCH3 is 1. The van der Waals surface area contributed by atoms with E-state index < -0.39 is 23.2 Å². The minimum atomic E-state index is -1.02. The summed E-state index contributed by atoms with van der Waals surface area (Å²) < 4.78 is 9.85. The highest BCUT2D eigenvalue weighted by atomic mass is 35.5. The molecule has 7 nitrogen and oxygen atoms in total.